The number of rotatable bonds is 4. The number of nitrogens with zero attached hydrogens (tertiary/aromatic N) is 6. The topological polar surface area (TPSA) is 83.8 Å². The summed E-state index contributed by atoms with van der Waals surface area (Å²) in [5, 5.41) is 21.4. The number of fused-ring (bicyclic) bond motifs is 3. The zero-order valence-electron chi connectivity index (χ0n) is 15.7. The lowest BCUT2D eigenvalue weighted by atomic mass is 10.1. The van der Waals surface area contributed by atoms with Gasteiger partial charge in [-0.3, -0.25) is 8.97 Å². The summed E-state index contributed by atoms with van der Waals surface area (Å²) in [6, 6.07) is 22.1. The maximum absolute atomic E-state index is 9.63. The van der Waals surface area contributed by atoms with Crippen LogP contribution in [0.5, 0.6) is 0 Å². The number of imidazole rings is 1. The van der Waals surface area contributed by atoms with Crippen molar-refractivity contribution in [2.75, 3.05) is 5.32 Å². The molecule has 0 atom stereocenters. The highest BCUT2D eigenvalue weighted by Crippen LogP contribution is 2.26. The largest absolute Gasteiger partial charge is 0.364 e. The zero-order valence-corrected chi connectivity index (χ0v) is 15.7. The van der Waals surface area contributed by atoms with Gasteiger partial charge in [0.15, 0.2) is 11.5 Å². The summed E-state index contributed by atoms with van der Waals surface area (Å²) < 4.78 is 3.94. The molecule has 0 radical (unpaired) electrons. The predicted octanol–water partition coefficient (Wildman–Crippen LogP) is 3.86. The molecule has 1 N–H and O–H groups in total. The first kappa shape index (κ1) is 17.0. The van der Waals surface area contributed by atoms with Gasteiger partial charge in [0, 0.05) is 5.69 Å². The Labute approximate surface area is 166 Å². The minimum absolute atomic E-state index is 0.474. The van der Waals surface area contributed by atoms with E-state index in [0.717, 1.165) is 33.9 Å². The molecular weight excluding hydrogens is 362 g/mol. The molecule has 0 saturated carbocycles. The number of aryl methyl sites for hydroxylation is 1. The van der Waals surface area contributed by atoms with Crippen LogP contribution in [0.2, 0.25) is 0 Å². The van der Waals surface area contributed by atoms with Crippen LogP contribution in [0.25, 0.3) is 22.4 Å². The van der Waals surface area contributed by atoms with E-state index in [1.54, 1.807) is 6.33 Å². The number of nitriles is 1. The lowest BCUT2D eigenvalue weighted by Crippen LogP contribution is -2.10. The van der Waals surface area contributed by atoms with Crippen molar-refractivity contribution in [1.29, 1.82) is 5.26 Å². The second kappa shape index (κ2) is 6.77. The maximum atomic E-state index is 9.63. The standard InChI is InChI=1S/C22H17N7/c1-15-11-20(24-13-21-27-25-14-28(21)16-7-3-2-4-8-16)29-19-10-6-5-9-18(19)26-22(29)17(15)12-23/h2-11,14,24H,13H2,1H3. The zero-order chi connectivity index (χ0) is 19.8. The Balaban J connectivity index is 1.59. The molecule has 0 bridgehead atoms. The van der Waals surface area contributed by atoms with Gasteiger partial charge in [0.25, 0.3) is 0 Å². The number of pyridine rings is 1. The number of anilines is 1. The van der Waals surface area contributed by atoms with Crippen molar-refractivity contribution < 1.29 is 0 Å². The minimum Gasteiger partial charge on any atom is -0.364 e. The van der Waals surface area contributed by atoms with Crippen molar-refractivity contribution in [3.8, 4) is 11.8 Å². The number of para-hydroxylation sites is 3. The van der Waals surface area contributed by atoms with E-state index in [1.807, 2.05) is 76.6 Å². The fraction of sp³-hybridized carbons (Fsp3) is 0.0909. The molecule has 5 aromatic rings. The molecule has 0 fully saturated rings. The molecule has 0 spiro atoms. The number of benzene rings is 2. The average molecular weight is 379 g/mol. The quantitative estimate of drug-likeness (QED) is 0.513. The van der Waals surface area contributed by atoms with Crippen LogP contribution in [0.1, 0.15) is 17.0 Å². The molecule has 7 heteroatoms. The van der Waals surface area contributed by atoms with Crippen molar-refractivity contribution in [3.05, 3.63) is 83.9 Å². The second-order valence-corrected chi connectivity index (χ2v) is 6.77. The van der Waals surface area contributed by atoms with Gasteiger partial charge in [-0.2, -0.15) is 5.26 Å². The van der Waals surface area contributed by atoms with Crippen LogP contribution in [-0.2, 0) is 6.54 Å². The number of hydrogen-bond donors (Lipinski definition) is 1. The van der Waals surface area contributed by atoms with E-state index >= 15 is 0 Å². The van der Waals surface area contributed by atoms with Crippen LogP contribution >= 0.6 is 0 Å². The van der Waals surface area contributed by atoms with Crippen LogP contribution in [0.3, 0.4) is 0 Å². The van der Waals surface area contributed by atoms with Gasteiger partial charge >= 0.3 is 0 Å². The van der Waals surface area contributed by atoms with Gasteiger partial charge < -0.3 is 5.32 Å². The molecule has 0 aliphatic heterocycles. The molecule has 3 aromatic heterocycles. The van der Waals surface area contributed by atoms with Crippen molar-refractivity contribution in [2.24, 2.45) is 0 Å². The fourth-order valence-electron chi connectivity index (χ4n) is 3.58. The predicted molar refractivity (Wildman–Crippen MR) is 111 cm³/mol. The number of aromatic nitrogens is 5. The van der Waals surface area contributed by atoms with Crippen molar-refractivity contribution in [1.82, 2.24) is 24.1 Å². The highest BCUT2D eigenvalue weighted by atomic mass is 15.3. The molecule has 29 heavy (non-hydrogen) atoms. The molecule has 5 rings (SSSR count). The molecular formula is C22H17N7. The normalized spacial score (nSPS) is 11.0. The van der Waals surface area contributed by atoms with E-state index < -0.39 is 0 Å². The van der Waals surface area contributed by atoms with Gasteiger partial charge in [-0.25, -0.2) is 4.98 Å². The van der Waals surface area contributed by atoms with Crippen LogP contribution in [0, 0.1) is 18.3 Å². The van der Waals surface area contributed by atoms with E-state index in [2.05, 4.69) is 26.6 Å². The Morgan fingerprint density at radius 1 is 1.07 bits per heavy atom. The van der Waals surface area contributed by atoms with E-state index in [9.17, 15) is 5.26 Å². The summed E-state index contributed by atoms with van der Waals surface area (Å²) in [6.45, 7) is 2.40. The third-order valence-electron chi connectivity index (χ3n) is 4.97. The highest BCUT2D eigenvalue weighted by molar-refractivity contribution is 5.85. The Hall–Kier alpha value is -4.18. The van der Waals surface area contributed by atoms with Gasteiger partial charge in [0.05, 0.1) is 23.1 Å². The molecule has 0 saturated heterocycles. The molecule has 3 heterocycles. The lowest BCUT2D eigenvalue weighted by molar-refractivity contribution is 0.884. The second-order valence-electron chi connectivity index (χ2n) is 6.77. The lowest BCUT2D eigenvalue weighted by Gasteiger charge is -2.13. The van der Waals surface area contributed by atoms with Crippen molar-refractivity contribution >= 4 is 22.5 Å². The number of nitrogens with one attached hydrogen (secondary N) is 1. The minimum atomic E-state index is 0.474. The van der Waals surface area contributed by atoms with Crippen molar-refractivity contribution in [3.63, 3.8) is 0 Å². The molecule has 140 valence electrons. The van der Waals surface area contributed by atoms with E-state index in [0.29, 0.717) is 17.8 Å². The van der Waals surface area contributed by atoms with Gasteiger partial charge in [-0.1, -0.05) is 30.3 Å². The van der Waals surface area contributed by atoms with E-state index in [-0.39, 0.29) is 0 Å². The van der Waals surface area contributed by atoms with E-state index in [4.69, 9.17) is 0 Å². The molecule has 0 amide bonds. The first-order valence-electron chi connectivity index (χ1n) is 9.25. The molecule has 2 aromatic carbocycles. The summed E-state index contributed by atoms with van der Waals surface area (Å²) in [5.41, 5.74) is 4.92. The smallest absolute Gasteiger partial charge is 0.157 e. The van der Waals surface area contributed by atoms with E-state index in [1.165, 1.54) is 0 Å². The van der Waals surface area contributed by atoms with Crippen LogP contribution in [-0.4, -0.2) is 24.1 Å². The molecule has 0 aliphatic carbocycles. The monoisotopic (exact) mass is 379 g/mol. The average Bonchev–Trinajstić information content (AvgIpc) is 3.37. The fourth-order valence-corrected chi connectivity index (χ4v) is 3.58. The van der Waals surface area contributed by atoms with Crippen LogP contribution in [0.15, 0.2) is 67.0 Å². The summed E-state index contributed by atoms with van der Waals surface area (Å²) >= 11 is 0. The molecule has 0 aliphatic rings. The van der Waals surface area contributed by atoms with Gasteiger partial charge in [0.2, 0.25) is 0 Å². The maximum Gasteiger partial charge on any atom is 0.157 e. The Morgan fingerprint density at radius 3 is 2.69 bits per heavy atom. The van der Waals surface area contributed by atoms with Crippen molar-refractivity contribution in [2.45, 2.75) is 13.5 Å². The van der Waals surface area contributed by atoms with Gasteiger partial charge in [-0.15, -0.1) is 10.2 Å². The molecule has 7 nitrogen and oxygen atoms in total. The third kappa shape index (κ3) is 2.78. The molecule has 0 unspecified atom stereocenters. The Kier molecular flexibility index (Phi) is 3.96. The summed E-state index contributed by atoms with van der Waals surface area (Å²) in [6.07, 6.45) is 1.71. The summed E-state index contributed by atoms with van der Waals surface area (Å²) in [7, 11) is 0. The third-order valence-corrected chi connectivity index (χ3v) is 4.97. The number of hydrogen-bond acceptors (Lipinski definition) is 5. The summed E-state index contributed by atoms with van der Waals surface area (Å²) in [5.74, 6) is 1.64. The first-order chi connectivity index (χ1) is 14.3. The van der Waals surface area contributed by atoms with Gasteiger partial charge in [0.1, 0.15) is 18.2 Å². The Bertz CT molecular complexity index is 1370. The first-order valence-corrected chi connectivity index (χ1v) is 9.25. The highest BCUT2D eigenvalue weighted by Gasteiger charge is 2.15. The SMILES string of the molecule is Cc1cc(NCc2nncn2-c2ccccc2)n2c(nc3ccccc32)c1C#N. The van der Waals surface area contributed by atoms with Crippen LogP contribution < -0.4 is 5.32 Å². The van der Waals surface area contributed by atoms with Crippen LogP contribution in [0.4, 0.5) is 5.82 Å². The Morgan fingerprint density at radius 2 is 1.86 bits per heavy atom. The van der Waals surface area contributed by atoms with Gasteiger partial charge in [-0.05, 0) is 42.8 Å². The summed E-state index contributed by atoms with van der Waals surface area (Å²) in [4.78, 5) is 4.68.